The molecule has 0 aliphatic carbocycles. The summed E-state index contributed by atoms with van der Waals surface area (Å²) in [6.45, 7) is 5.54. The van der Waals surface area contributed by atoms with Crippen molar-refractivity contribution < 1.29 is 4.74 Å². The van der Waals surface area contributed by atoms with Gasteiger partial charge in [-0.3, -0.25) is 0 Å². The Kier molecular flexibility index (Phi) is 5.49. The van der Waals surface area contributed by atoms with Gasteiger partial charge >= 0.3 is 0 Å². The number of nitrogens with one attached hydrogen (secondary N) is 1. The van der Waals surface area contributed by atoms with Crippen LogP contribution in [0.25, 0.3) is 0 Å². The molecule has 0 aromatic heterocycles. The maximum absolute atomic E-state index is 5.80. The van der Waals surface area contributed by atoms with Crippen LogP contribution in [-0.2, 0) is 4.74 Å². The normalized spacial score (nSPS) is 25.3. The van der Waals surface area contributed by atoms with Gasteiger partial charge in [-0.25, -0.2) is 0 Å². The van der Waals surface area contributed by atoms with Crippen molar-refractivity contribution in [2.45, 2.75) is 58.1 Å². The van der Waals surface area contributed by atoms with Crippen LogP contribution in [0.2, 0.25) is 0 Å². The van der Waals surface area contributed by atoms with Crippen LogP contribution in [0.5, 0.6) is 0 Å². The molecule has 1 aliphatic heterocycles. The van der Waals surface area contributed by atoms with Crippen molar-refractivity contribution in [1.29, 1.82) is 0 Å². The molecule has 0 radical (unpaired) electrons. The number of rotatable bonds is 5. The molecule has 1 fully saturated rings. The predicted octanol–water partition coefficient (Wildman–Crippen LogP) is 2.58. The summed E-state index contributed by atoms with van der Waals surface area (Å²) in [5.41, 5.74) is 0. The zero-order chi connectivity index (χ0) is 10.4. The third-order valence-electron chi connectivity index (χ3n) is 3.09. The molecule has 0 aromatic rings. The van der Waals surface area contributed by atoms with E-state index in [9.17, 15) is 0 Å². The zero-order valence-electron chi connectivity index (χ0n) is 9.88. The molecule has 0 spiro atoms. The largest absolute Gasteiger partial charge is 0.377 e. The summed E-state index contributed by atoms with van der Waals surface area (Å²) in [5.74, 6) is 0.800. The summed E-state index contributed by atoms with van der Waals surface area (Å²) in [7, 11) is 2.06. The summed E-state index contributed by atoms with van der Waals surface area (Å²) in [6.07, 6.45) is 6.84. The maximum atomic E-state index is 5.80. The Hall–Kier alpha value is -0.0800. The second kappa shape index (κ2) is 6.41. The Morgan fingerprint density at radius 2 is 2.07 bits per heavy atom. The minimum Gasteiger partial charge on any atom is -0.377 e. The molecule has 0 bridgehead atoms. The Balaban J connectivity index is 2.28. The average Bonchev–Trinajstić information content (AvgIpc) is 2.20. The van der Waals surface area contributed by atoms with Crippen LogP contribution in [0.15, 0.2) is 0 Å². The zero-order valence-corrected chi connectivity index (χ0v) is 9.88. The standard InChI is InChI=1S/C12H25NO/c1-10(2)7-8-11(13-3)12-6-4-5-9-14-12/h10-13H,4-9H2,1-3H3. The van der Waals surface area contributed by atoms with Gasteiger partial charge in [0.1, 0.15) is 0 Å². The average molecular weight is 199 g/mol. The van der Waals surface area contributed by atoms with Crippen molar-refractivity contribution >= 4 is 0 Å². The molecule has 0 aromatic carbocycles. The third kappa shape index (κ3) is 3.97. The number of likely N-dealkylation sites (N-methyl/N-ethyl adjacent to an activating group) is 1. The summed E-state index contributed by atoms with van der Waals surface area (Å²) in [6, 6.07) is 0.567. The van der Waals surface area contributed by atoms with E-state index in [0.717, 1.165) is 12.5 Å². The van der Waals surface area contributed by atoms with E-state index in [1.54, 1.807) is 0 Å². The van der Waals surface area contributed by atoms with Crippen molar-refractivity contribution in [1.82, 2.24) is 5.32 Å². The van der Waals surface area contributed by atoms with Crippen LogP contribution in [0.4, 0.5) is 0 Å². The third-order valence-corrected chi connectivity index (χ3v) is 3.09. The molecule has 0 saturated carbocycles. The molecule has 0 amide bonds. The van der Waals surface area contributed by atoms with Crippen molar-refractivity contribution in [2.75, 3.05) is 13.7 Å². The SMILES string of the molecule is CNC(CCC(C)C)C1CCCCO1. The molecular formula is C12H25NO. The van der Waals surface area contributed by atoms with Gasteiger partial charge in [0.15, 0.2) is 0 Å². The highest BCUT2D eigenvalue weighted by Gasteiger charge is 2.22. The summed E-state index contributed by atoms with van der Waals surface area (Å²) < 4.78 is 5.80. The van der Waals surface area contributed by atoms with E-state index >= 15 is 0 Å². The topological polar surface area (TPSA) is 21.3 Å². The first-order valence-electron chi connectivity index (χ1n) is 6.03. The van der Waals surface area contributed by atoms with Crippen LogP contribution in [-0.4, -0.2) is 25.8 Å². The first-order valence-corrected chi connectivity index (χ1v) is 6.03. The molecule has 1 heterocycles. The fraction of sp³-hybridized carbons (Fsp3) is 1.00. The molecule has 2 unspecified atom stereocenters. The van der Waals surface area contributed by atoms with Crippen molar-refractivity contribution in [3.8, 4) is 0 Å². The van der Waals surface area contributed by atoms with Gasteiger partial charge in [0, 0.05) is 12.6 Å². The van der Waals surface area contributed by atoms with Crippen LogP contribution >= 0.6 is 0 Å². The smallest absolute Gasteiger partial charge is 0.0727 e. The van der Waals surface area contributed by atoms with E-state index in [1.807, 2.05) is 0 Å². The lowest BCUT2D eigenvalue weighted by Gasteiger charge is -2.30. The minimum absolute atomic E-state index is 0.465. The highest BCUT2D eigenvalue weighted by molar-refractivity contribution is 4.78. The molecule has 1 saturated heterocycles. The van der Waals surface area contributed by atoms with Crippen LogP contribution in [0.1, 0.15) is 46.0 Å². The van der Waals surface area contributed by atoms with Gasteiger partial charge in [0.05, 0.1) is 6.10 Å². The van der Waals surface area contributed by atoms with Gasteiger partial charge < -0.3 is 10.1 Å². The van der Waals surface area contributed by atoms with E-state index in [0.29, 0.717) is 12.1 Å². The Morgan fingerprint density at radius 3 is 2.57 bits per heavy atom. The van der Waals surface area contributed by atoms with Gasteiger partial charge in [-0.2, -0.15) is 0 Å². The number of hydrogen-bond acceptors (Lipinski definition) is 2. The van der Waals surface area contributed by atoms with E-state index in [1.165, 1.54) is 32.1 Å². The second-order valence-corrected chi connectivity index (χ2v) is 4.77. The van der Waals surface area contributed by atoms with Crippen LogP contribution in [0, 0.1) is 5.92 Å². The monoisotopic (exact) mass is 199 g/mol. The Labute approximate surface area is 88.4 Å². The molecule has 2 atom stereocenters. The molecule has 14 heavy (non-hydrogen) atoms. The molecule has 84 valence electrons. The van der Waals surface area contributed by atoms with Crippen molar-refractivity contribution in [2.24, 2.45) is 5.92 Å². The Morgan fingerprint density at radius 1 is 1.29 bits per heavy atom. The van der Waals surface area contributed by atoms with Gasteiger partial charge in [-0.15, -0.1) is 0 Å². The first kappa shape index (κ1) is 12.0. The summed E-state index contributed by atoms with van der Waals surface area (Å²) >= 11 is 0. The first-order chi connectivity index (χ1) is 6.74. The Bertz CT molecular complexity index is 141. The van der Waals surface area contributed by atoms with E-state index in [4.69, 9.17) is 4.74 Å². The summed E-state index contributed by atoms with van der Waals surface area (Å²) in [4.78, 5) is 0. The quantitative estimate of drug-likeness (QED) is 0.735. The van der Waals surface area contributed by atoms with E-state index in [2.05, 4.69) is 26.2 Å². The van der Waals surface area contributed by atoms with Gasteiger partial charge in [-0.1, -0.05) is 13.8 Å². The molecular weight excluding hydrogens is 174 g/mol. The summed E-state index contributed by atoms with van der Waals surface area (Å²) in [5, 5.41) is 3.40. The molecule has 1 aliphatic rings. The van der Waals surface area contributed by atoms with E-state index in [-0.39, 0.29) is 0 Å². The lowest BCUT2D eigenvalue weighted by atomic mass is 9.95. The lowest BCUT2D eigenvalue weighted by Crippen LogP contribution is -2.41. The minimum atomic E-state index is 0.465. The second-order valence-electron chi connectivity index (χ2n) is 4.77. The molecule has 2 nitrogen and oxygen atoms in total. The molecule has 2 heteroatoms. The fourth-order valence-electron chi connectivity index (χ4n) is 2.11. The van der Waals surface area contributed by atoms with E-state index < -0.39 is 0 Å². The molecule has 1 N–H and O–H groups in total. The maximum Gasteiger partial charge on any atom is 0.0727 e. The van der Waals surface area contributed by atoms with Crippen LogP contribution < -0.4 is 5.32 Å². The number of hydrogen-bond donors (Lipinski definition) is 1. The highest BCUT2D eigenvalue weighted by atomic mass is 16.5. The fourth-order valence-corrected chi connectivity index (χ4v) is 2.11. The highest BCUT2D eigenvalue weighted by Crippen LogP contribution is 2.19. The van der Waals surface area contributed by atoms with Gasteiger partial charge in [0.2, 0.25) is 0 Å². The van der Waals surface area contributed by atoms with Gasteiger partial charge in [0.25, 0.3) is 0 Å². The van der Waals surface area contributed by atoms with Crippen molar-refractivity contribution in [3.05, 3.63) is 0 Å². The lowest BCUT2D eigenvalue weighted by molar-refractivity contribution is -0.00863. The van der Waals surface area contributed by atoms with Crippen molar-refractivity contribution in [3.63, 3.8) is 0 Å². The number of ether oxygens (including phenoxy) is 1. The van der Waals surface area contributed by atoms with Gasteiger partial charge in [-0.05, 0) is 45.1 Å². The van der Waals surface area contributed by atoms with Crippen LogP contribution in [0.3, 0.4) is 0 Å². The molecule has 1 rings (SSSR count). The predicted molar refractivity (Wildman–Crippen MR) is 60.5 cm³/mol.